The monoisotopic (exact) mass is 297 g/mol. The minimum Gasteiger partial charge on any atom is -0.478 e. The molecule has 0 radical (unpaired) electrons. The summed E-state index contributed by atoms with van der Waals surface area (Å²) in [5.74, 6) is -0.998. The summed E-state index contributed by atoms with van der Waals surface area (Å²) in [6, 6.07) is 5.49. The number of carbonyl (C=O) groups is 1. The van der Waals surface area contributed by atoms with Gasteiger partial charge in [-0.3, -0.25) is 0 Å². The molecule has 0 spiro atoms. The van der Waals surface area contributed by atoms with Crippen molar-refractivity contribution in [2.24, 2.45) is 0 Å². The zero-order valence-corrected chi connectivity index (χ0v) is 12.7. The zero-order chi connectivity index (χ0) is 15.1. The van der Waals surface area contributed by atoms with E-state index in [4.69, 9.17) is 21.4 Å². The van der Waals surface area contributed by atoms with Crippen molar-refractivity contribution in [3.05, 3.63) is 34.9 Å². The largest absolute Gasteiger partial charge is 0.478 e. The number of rotatable bonds is 7. The number of nitrogens with zero attached hydrogens (tertiary/aromatic N) is 1. The molecule has 1 rings (SSSR count). The van der Waals surface area contributed by atoms with Gasteiger partial charge in [-0.1, -0.05) is 17.7 Å². The van der Waals surface area contributed by atoms with Gasteiger partial charge in [-0.15, -0.1) is 0 Å². The molecule has 0 fully saturated rings. The molecule has 0 aliphatic carbocycles. The van der Waals surface area contributed by atoms with E-state index in [1.807, 2.05) is 37.9 Å². The number of aliphatic carboxylic acids is 1. The quantitative estimate of drug-likeness (QED) is 0.785. The summed E-state index contributed by atoms with van der Waals surface area (Å²) in [4.78, 5) is 12.6. The minimum atomic E-state index is -0.998. The van der Waals surface area contributed by atoms with Crippen molar-refractivity contribution in [3.63, 3.8) is 0 Å². The molecule has 1 aromatic carbocycles. The Morgan fingerprint density at radius 1 is 1.50 bits per heavy atom. The van der Waals surface area contributed by atoms with Crippen LogP contribution in [0.1, 0.15) is 19.4 Å². The normalized spacial score (nSPS) is 11.2. The van der Waals surface area contributed by atoms with E-state index in [1.165, 1.54) is 6.08 Å². The SMILES string of the molecule is CC(C)OCCN(C)c1cccc(Cl)c1/C=C/C(=O)O. The van der Waals surface area contributed by atoms with Gasteiger partial charge in [-0.25, -0.2) is 4.79 Å². The van der Waals surface area contributed by atoms with E-state index in [1.54, 1.807) is 6.07 Å². The lowest BCUT2D eigenvalue weighted by molar-refractivity contribution is -0.131. The van der Waals surface area contributed by atoms with Gasteiger partial charge >= 0.3 is 5.97 Å². The molecule has 110 valence electrons. The molecule has 20 heavy (non-hydrogen) atoms. The molecule has 0 saturated carbocycles. The van der Waals surface area contributed by atoms with Crippen molar-refractivity contribution in [3.8, 4) is 0 Å². The number of ether oxygens (including phenoxy) is 1. The van der Waals surface area contributed by atoms with Crippen LogP contribution in [-0.4, -0.2) is 37.4 Å². The van der Waals surface area contributed by atoms with Gasteiger partial charge in [-0.05, 0) is 32.1 Å². The number of carboxylic acid groups (broad SMARTS) is 1. The molecule has 5 heteroatoms. The highest BCUT2D eigenvalue weighted by Crippen LogP contribution is 2.28. The summed E-state index contributed by atoms with van der Waals surface area (Å²) in [5.41, 5.74) is 1.57. The lowest BCUT2D eigenvalue weighted by Crippen LogP contribution is -2.24. The van der Waals surface area contributed by atoms with Crippen molar-refractivity contribution in [1.29, 1.82) is 0 Å². The van der Waals surface area contributed by atoms with Gasteiger partial charge in [0.1, 0.15) is 0 Å². The van der Waals surface area contributed by atoms with Crippen LogP contribution in [0.5, 0.6) is 0 Å². The Morgan fingerprint density at radius 2 is 2.20 bits per heavy atom. The first-order valence-corrected chi connectivity index (χ1v) is 6.82. The molecular weight excluding hydrogens is 278 g/mol. The number of hydrogen-bond donors (Lipinski definition) is 1. The van der Waals surface area contributed by atoms with Gasteiger partial charge in [0, 0.05) is 35.9 Å². The summed E-state index contributed by atoms with van der Waals surface area (Å²) in [6.07, 6.45) is 2.79. The fourth-order valence-corrected chi connectivity index (χ4v) is 1.96. The van der Waals surface area contributed by atoms with Gasteiger partial charge in [-0.2, -0.15) is 0 Å². The highest BCUT2D eigenvalue weighted by molar-refractivity contribution is 6.32. The maximum absolute atomic E-state index is 10.6. The third-order valence-electron chi connectivity index (χ3n) is 2.71. The molecule has 0 bridgehead atoms. The Hall–Kier alpha value is -1.52. The molecule has 0 heterocycles. The van der Waals surface area contributed by atoms with E-state index in [-0.39, 0.29) is 6.10 Å². The zero-order valence-electron chi connectivity index (χ0n) is 12.0. The van der Waals surface area contributed by atoms with Crippen molar-refractivity contribution >= 4 is 29.3 Å². The Labute approximate surface area is 124 Å². The first kappa shape index (κ1) is 16.5. The van der Waals surface area contributed by atoms with E-state index >= 15 is 0 Å². The molecule has 0 atom stereocenters. The molecular formula is C15H20ClNO3. The fraction of sp³-hybridized carbons (Fsp3) is 0.400. The predicted molar refractivity (Wildman–Crippen MR) is 82.5 cm³/mol. The Bertz CT molecular complexity index is 486. The fourth-order valence-electron chi connectivity index (χ4n) is 1.72. The smallest absolute Gasteiger partial charge is 0.328 e. The molecule has 0 aromatic heterocycles. The van der Waals surface area contributed by atoms with Crippen LogP contribution < -0.4 is 4.90 Å². The van der Waals surface area contributed by atoms with Crippen molar-refractivity contribution < 1.29 is 14.6 Å². The number of hydrogen-bond acceptors (Lipinski definition) is 3. The van der Waals surface area contributed by atoms with Crippen molar-refractivity contribution in [1.82, 2.24) is 0 Å². The summed E-state index contributed by atoms with van der Waals surface area (Å²) < 4.78 is 5.52. The molecule has 0 amide bonds. The van der Waals surface area contributed by atoms with E-state index in [0.29, 0.717) is 23.7 Å². The third kappa shape index (κ3) is 5.23. The predicted octanol–water partition coefficient (Wildman–Crippen LogP) is 3.30. The summed E-state index contributed by atoms with van der Waals surface area (Å²) in [7, 11) is 1.92. The standard InChI is InChI=1S/C15H20ClNO3/c1-11(2)20-10-9-17(3)14-6-4-5-13(16)12(14)7-8-15(18)19/h4-8,11H,9-10H2,1-3H3,(H,18,19)/b8-7+. The van der Waals surface area contributed by atoms with Crippen LogP contribution >= 0.6 is 11.6 Å². The first-order chi connectivity index (χ1) is 9.41. The van der Waals surface area contributed by atoms with Crippen molar-refractivity contribution in [2.75, 3.05) is 25.1 Å². The van der Waals surface area contributed by atoms with Crippen LogP contribution in [-0.2, 0) is 9.53 Å². The molecule has 0 saturated heterocycles. The second-order valence-corrected chi connectivity index (χ2v) is 5.09. The molecule has 1 aromatic rings. The van der Waals surface area contributed by atoms with Crippen LogP contribution in [0.15, 0.2) is 24.3 Å². The van der Waals surface area contributed by atoms with E-state index in [9.17, 15) is 4.79 Å². The maximum Gasteiger partial charge on any atom is 0.328 e. The highest BCUT2D eigenvalue weighted by atomic mass is 35.5. The number of likely N-dealkylation sites (N-methyl/N-ethyl adjacent to an activating group) is 1. The van der Waals surface area contributed by atoms with Crippen LogP contribution in [0, 0.1) is 0 Å². The molecule has 0 aliphatic rings. The second-order valence-electron chi connectivity index (χ2n) is 4.69. The van der Waals surface area contributed by atoms with E-state index < -0.39 is 5.97 Å². The number of halogens is 1. The second kappa shape index (κ2) is 7.92. The minimum absolute atomic E-state index is 0.189. The summed E-state index contributed by atoms with van der Waals surface area (Å²) in [5, 5.41) is 9.26. The molecule has 4 nitrogen and oxygen atoms in total. The van der Waals surface area contributed by atoms with Gasteiger partial charge in [0.15, 0.2) is 0 Å². The Balaban J connectivity index is 2.87. The van der Waals surface area contributed by atoms with Gasteiger partial charge in [0.25, 0.3) is 0 Å². The van der Waals surface area contributed by atoms with Crippen LogP contribution in [0.25, 0.3) is 6.08 Å². The topological polar surface area (TPSA) is 49.8 Å². The molecule has 0 unspecified atom stereocenters. The number of anilines is 1. The van der Waals surface area contributed by atoms with E-state index in [2.05, 4.69) is 0 Å². The van der Waals surface area contributed by atoms with Gasteiger partial charge in [0.2, 0.25) is 0 Å². The first-order valence-electron chi connectivity index (χ1n) is 6.44. The molecule has 1 N–H and O–H groups in total. The van der Waals surface area contributed by atoms with E-state index in [0.717, 1.165) is 11.8 Å². The Kier molecular flexibility index (Phi) is 6.55. The van der Waals surface area contributed by atoms with Gasteiger partial charge < -0.3 is 14.7 Å². The average molecular weight is 298 g/mol. The summed E-state index contributed by atoms with van der Waals surface area (Å²) in [6.45, 7) is 5.27. The van der Waals surface area contributed by atoms with Crippen LogP contribution in [0.3, 0.4) is 0 Å². The van der Waals surface area contributed by atoms with Crippen LogP contribution in [0.2, 0.25) is 5.02 Å². The van der Waals surface area contributed by atoms with Crippen LogP contribution in [0.4, 0.5) is 5.69 Å². The van der Waals surface area contributed by atoms with Gasteiger partial charge in [0.05, 0.1) is 12.7 Å². The maximum atomic E-state index is 10.6. The number of carboxylic acids is 1. The Morgan fingerprint density at radius 3 is 2.80 bits per heavy atom. The third-order valence-corrected chi connectivity index (χ3v) is 3.04. The lowest BCUT2D eigenvalue weighted by Gasteiger charge is -2.22. The average Bonchev–Trinajstić information content (AvgIpc) is 2.36. The van der Waals surface area contributed by atoms with Crippen molar-refractivity contribution in [2.45, 2.75) is 20.0 Å². The lowest BCUT2D eigenvalue weighted by atomic mass is 10.1. The highest BCUT2D eigenvalue weighted by Gasteiger charge is 2.09. The number of benzene rings is 1. The molecule has 0 aliphatic heterocycles. The summed E-state index contributed by atoms with van der Waals surface area (Å²) >= 11 is 6.14.